The van der Waals surface area contributed by atoms with Crippen LogP contribution in [-0.2, 0) is 0 Å². The van der Waals surface area contributed by atoms with Crippen molar-refractivity contribution in [3.05, 3.63) is 42.2 Å². The number of anilines is 1. The first kappa shape index (κ1) is 9.33. The Morgan fingerprint density at radius 1 is 1.31 bits per heavy atom. The Kier molecular flexibility index (Phi) is 1.93. The molecule has 0 saturated carbocycles. The maximum atomic E-state index is 5.24. The molecule has 0 fully saturated rings. The number of rotatable bonds is 1. The van der Waals surface area contributed by atoms with Gasteiger partial charge in [-0.2, -0.15) is 0 Å². The van der Waals surface area contributed by atoms with E-state index in [2.05, 4.69) is 41.2 Å². The van der Waals surface area contributed by atoms with Crippen LogP contribution >= 0.6 is 0 Å². The van der Waals surface area contributed by atoms with Gasteiger partial charge < -0.3 is 14.6 Å². The molecule has 0 saturated heterocycles. The van der Waals surface area contributed by atoms with Crippen LogP contribution in [0.3, 0.4) is 0 Å². The van der Waals surface area contributed by atoms with E-state index in [9.17, 15) is 0 Å². The van der Waals surface area contributed by atoms with Crippen molar-refractivity contribution < 1.29 is 4.74 Å². The molecule has 1 aromatic heterocycles. The van der Waals surface area contributed by atoms with Gasteiger partial charge in [-0.05, 0) is 31.2 Å². The summed E-state index contributed by atoms with van der Waals surface area (Å²) in [6.45, 7) is 2.16. The first-order valence-electron chi connectivity index (χ1n) is 5.42. The number of hydrogen-bond acceptors (Lipinski definition) is 2. The Balaban J connectivity index is 2.19. The number of nitrogens with zero attached hydrogens (tertiary/aromatic N) is 1. The van der Waals surface area contributed by atoms with Gasteiger partial charge in [0.1, 0.15) is 5.75 Å². The van der Waals surface area contributed by atoms with Crippen molar-refractivity contribution in [1.29, 1.82) is 0 Å². The summed E-state index contributed by atoms with van der Waals surface area (Å²) in [4.78, 5) is 0. The summed E-state index contributed by atoms with van der Waals surface area (Å²) in [5.41, 5.74) is 3.59. The fraction of sp³-hybridized carbons (Fsp3) is 0.231. The van der Waals surface area contributed by atoms with Crippen LogP contribution in [0.4, 0.5) is 5.69 Å². The lowest BCUT2D eigenvalue weighted by Gasteiger charge is -2.27. The number of fused-ring (bicyclic) bond motifs is 3. The molecule has 0 spiro atoms. The summed E-state index contributed by atoms with van der Waals surface area (Å²) >= 11 is 0. The monoisotopic (exact) mass is 214 g/mol. The lowest BCUT2D eigenvalue weighted by atomic mass is 10.1. The van der Waals surface area contributed by atoms with Crippen LogP contribution in [0, 0.1) is 0 Å². The summed E-state index contributed by atoms with van der Waals surface area (Å²) in [6.07, 6.45) is 2.10. The molecule has 0 aliphatic carbocycles. The van der Waals surface area contributed by atoms with Gasteiger partial charge >= 0.3 is 0 Å². The average Bonchev–Trinajstić information content (AvgIpc) is 2.78. The van der Waals surface area contributed by atoms with Crippen LogP contribution in [0.1, 0.15) is 18.7 Å². The number of aromatic nitrogens is 1. The minimum atomic E-state index is 0.328. The Morgan fingerprint density at radius 3 is 3.00 bits per heavy atom. The average molecular weight is 214 g/mol. The van der Waals surface area contributed by atoms with Crippen molar-refractivity contribution in [2.45, 2.75) is 13.0 Å². The van der Waals surface area contributed by atoms with Gasteiger partial charge in [0.25, 0.3) is 0 Å². The molecule has 3 rings (SSSR count). The van der Waals surface area contributed by atoms with E-state index in [1.165, 1.54) is 11.4 Å². The molecule has 2 aromatic rings. The Hall–Kier alpha value is -1.90. The number of ether oxygens (including phenoxy) is 1. The molecule has 1 atom stereocenters. The Morgan fingerprint density at radius 2 is 2.19 bits per heavy atom. The molecule has 16 heavy (non-hydrogen) atoms. The standard InChI is InChI=1S/C13H14N2O/c1-9-12-4-3-7-15(12)13-6-5-10(16-2)8-11(13)14-9/h3-9,14H,1-2H3. The maximum absolute atomic E-state index is 5.24. The van der Waals surface area contributed by atoms with Crippen molar-refractivity contribution in [3.63, 3.8) is 0 Å². The molecule has 1 aromatic carbocycles. The van der Waals surface area contributed by atoms with Crippen LogP contribution in [-0.4, -0.2) is 11.7 Å². The third-order valence-corrected chi connectivity index (χ3v) is 3.06. The molecule has 3 nitrogen and oxygen atoms in total. The van der Waals surface area contributed by atoms with Crippen molar-refractivity contribution >= 4 is 5.69 Å². The van der Waals surface area contributed by atoms with Gasteiger partial charge in [0.05, 0.1) is 24.5 Å². The number of benzene rings is 1. The highest BCUT2D eigenvalue weighted by molar-refractivity contribution is 5.67. The molecule has 0 amide bonds. The van der Waals surface area contributed by atoms with Crippen LogP contribution in [0.15, 0.2) is 36.5 Å². The van der Waals surface area contributed by atoms with Gasteiger partial charge in [0.2, 0.25) is 0 Å². The summed E-state index contributed by atoms with van der Waals surface area (Å²) in [6, 6.07) is 10.7. The molecule has 3 heteroatoms. The van der Waals surface area contributed by atoms with Gasteiger partial charge in [-0.3, -0.25) is 0 Å². The van der Waals surface area contributed by atoms with E-state index >= 15 is 0 Å². The van der Waals surface area contributed by atoms with Crippen molar-refractivity contribution in [1.82, 2.24) is 4.57 Å². The van der Waals surface area contributed by atoms with Crippen LogP contribution in [0.25, 0.3) is 5.69 Å². The normalized spacial score (nSPS) is 17.2. The summed E-state index contributed by atoms with van der Waals surface area (Å²) < 4.78 is 7.45. The van der Waals surface area contributed by atoms with Crippen molar-refractivity contribution in [2.24, 2.45) is 0 Å². The van der Waals surface area contributed by atoms with E-state index in [1.807, 2.05) is 12.1 Å². The number of hydrogen-bond donors (Lipinski definition) is 1. The van der Waals surface area contributed by atoms with E-state index in [-0.39, 0.29) is 0 Å². The second kappa shape index (κ2) is 3.30. The predicted molar refractivity (Wildman–Crippen MR) is 64.4 cm³/mol. The molecule has 1 N–H and O–H groups in total. The molecular weight excluding hydrogens is 200 g/mol. The van der Waals surface area contributed by atoms with Gasteiger partial charge in [-0.15, -0.1) is 0 Å². The fourth-order valence-electron chi connectivity index (χ4n) is 2.24. The largest absolute Gasteiger partial charge is 0.497 e. The van der Waals surface area contributed by atoms with Crippen molar-refractivity contribution in [2.75, 3.05) is 12.4 Å². The van der Waals surface area contributed by atoms with Crippen LogP contribution < -0.4 is 10.1 Å². The highest BCUT2D eigenvalue weighted by Gasteiger charge is 2.20. The minimum Gasteiger partial charge on any atom is -0.497 e. The molecule has 1 aliphatic heterocycles. The zero-order valence-electron chi connectivity index (χ0n) is 9.40. The topological polar surface area (TPSA) is 26.2 Å². The molecule has 1 aliphatic rings. The fourth-order valence-corrected chi connectivity index (χ4v) is 2.24. The van der Waals surface area contributed by atoms with E-state index in [4.69, 9.17) is 4.74 Å². The molecule has 0 bridgehead atoms. The van der Waals surface area contributed by atoms with Gasteiger partial charge in [-0.1, -0.05) is 0 Å². The third-order valence-electron chi connectivity index (χ3n) is 3.06. The van der Waals surface area contributed by atoms with Crippen LogP contribution in [0.2, 0.25) is 0 Å². The second-order valence-corrected chi connectivity index (χ2v) is 4.05. The van der Waals surface area contributed by atoms with Crippen LogP contribution in [0.5, 0.6) is 5.75 Å². The number of methoxy groups -OCH3 is 1. The summed E-state index contributed by atoms with van der Waals surface area (Å²) in [5.74, 6) is 0.883. The minimum absolute atomic E-state index is 0.328. The first-order chi connectivity index (χ1) is 7.79. The van der Waals surface area contributed by atoms with Crippen molar-refractivity contribution in [3.8, 4) is 11.4 Å². The molecule has 1 unspecified atom stereocenters. The number of nitrogens with one attached hydrogen (secondary N) is 1. The predicted octanol–water partition coefficient (Wildman–Crippen LogP) is 2.97. The highest BCUT2D eigenvalue weighted by atomic mass is 16.5. The highest BCUT2D eigenvalue weighted by Crippen LogP contribution is 2.35. The zero-order valence-corrected chi connectivity index (χ0v) is 9.40. The quantitative estimate of drug-likeness (QED) is 0.789. The van der Waals surface area contributed by atoms with E-state index in [1.54, 1.807) is 7.11 Å². The Labute approximate surface area is 94.7 Å². The SMILES string of the molecule is COc1ccc2c(c1)NC(C)c1cccn1-2. The molecule has 2 heterocycles. The molecular formula is C13H14N2O. The summed E-state index contributed by atoms with van der Waals surface area (Å²) in [5, 5.41) is 3.48. The molecule has 0 radical (unpaired) electrons. The maximum Gasteiger partial charge on any atom is 0.121 e. The lowest BCUT2D eigenvalue weighted by Crippen LogP contribution is -2.18. The van der Waals surface area contributed by atoms with E-state index in [0.717, 1.165) is 11.4 Å². The first-order valence-corrected chi connectivity index (χ1v) is 5.42. The third kappa shape index (κ3) is 1.21. The van der Waals surface area contributed by atoms with Gasteiger partial charge in [0.15, 0.2) is 0 Å². The zero-order chi connectivity index (χ0) is 11.1. The van der Waals surface area contributed by atoms with Gasteiger partial charge in [0, 0.05) is 18.0 Å². The summed E-state index contributed by atoms with van der Waals surface area (Å²) in [7, 11) is 1.69. The second-order valence-electron chi connectivity index (χ2n) is 4.05. The lowest BCUT2D eigenvalue weighted by molar-refractivity contribution is 0.415. The molecule has 82 valence electrons. The van der Waals surface area contributed by atoms with Gasteiger partial charge in [-0.25, -0.2) is 0 Å². The van der Waals surface area contributed by atoms with E-state index in [0.29, 0.717) is 6.04 Å². The smallest absolute Gasteiger partial charge is 0.121 e. The Bertz CT molecular complexity index is 530. The van der Waals surface area contributed by atoms with E-state index < -0.39 is 0 Å².